The zero-order valence-corrected chi connectivity index (χ0v) is 11.5. The van der Waals surface area contributed by atoms with Crippen molar-refractivity contribution in [3.8, 4) is 0 Å². The number of halogens is 1. The predicted molar refractivity (Wildman–Crippen MR) is 78.6 cm³/mol. The van der Waals surface area contributed by atoms with Crippen LogP contribution in [0.3, 0.4) is 0 Å². The Labute approximate surface area is 122 Å². The molecule has 0 amide bonds. The highest BCUT2D eigenvalue weighted by atomic mass is 19.1. The third-order valence-electron chi connectivity index (χ3n) is 4.27. The minimum Gasteiger partial charge on any atom is -0.366 e. The molecular formula is C17H15FN2O. The van der Waals surface area contributed by atoms with Gasteiger partial charge in [0.1, 0.15) is 11.7 Å². The van der Waals surface area contributed by atoms with Crippen LogP contribution < -0.4 is 0 Å². The Kier molecular flexibility index (Phi) is 2.62. The Bertz CT molecular complexity index is 743. The van der Waals surface area contributed by atoms with E-state index in [1.54, 1.807) is 12.1 Å². The van der Waals surface area contributed by atoms with E-state index in [1.807, 2.05) is 29.2 Å². The molecule has 2 aliphatic rings. The lowest BCUT2D eigenvalue weighted by atomic mass is 9.86. The maximum Gasteiger partial charge on any atom is 0.169 e. The van der Waals surface area contributed by atoms with Crippen molar-refractivity contribution in [2.24, 2.45) is 4.99 Å². The van der Waals surface area contributed by atoms with E-state index >= 15 is 0 Å². The van der Waals surface area contributed by atoms with E-state index in [9.17, 15) is 9.50 Å². The maximum atomic E-state index is 13.6. The van der Waals surface area contributed by atoms with Crippen molar-refractivity contribution in [2.45, 2.75) is 12.1 Å². The highest BCUT2D eigenvalue weighted by molar-refractivity contribution is 6.02. The summed E-state index contributed by atoms with van der Waals surface area (Å²) in [5.41, 5.74) is 1.45. The zero-order valence-electron chi connectivity index (χ0n) is 11.5. The molecule has 2 aliphatic heterocycles. The van der Waals surface area contributed by atoms with E-state index in [2.05, 4.69) is 4.99 Å². The van der Waals surface area contributed by atoms with E-state index in [0.29, 0.717) is 25.1 Å². The summed E-state index contributed by atoms with van der Waals surface area (Å²) in [5, 5.41) is 11.3. The molecule has 4 heteroatoms. The average Bonchev–Trinajstić information content (AvgIpc) is 2.98. The van der Waals surface area contributed by atoms with E-state index in [4.69, 9.17) is 0 Å². The summed E-state index contributed by atoms with van der Waals surface area (Å²) in [6.07, 6.45) is 0.436. The number of nitrogens with zero attached hydrogens (tertiary/aromatic N) is 2. The minimum absolute atomic E-state index is 0.336. The second kappa shape index (κ2) is 4.40. The van der Waals surface area contributed by atoms with Gasteiger partial charge in [0, 0.05) is 24.1 Å². The Morgan fingerprint density at radius 3 is 2.86 bits per heavy atom. The Hall–Kier alpha value is -2.20. The molecule has 3 nitrogen and oxygen atoms in total. The second-order valence-electron chi connectivity index (χ2n) is 5.52. The summed E-state index contributed by atoms with van der Waals surface area (Å²) in [7, 11) is 0. The van der Waals surface area contributed by atoms with Crippen molar-refractivity contribution >= 4 is 5.84 Å². The van der Waals surface area contributed by atoms with Crippen LogP contribution in [0.15, 0.2) is 53.5 Å². The molecular weight excluding hydrogens is 267 g/mol. The van der Waals surface area contributed by atoms with Crippen LogP contribution in [0.25, 0.3) is 0 Å². The number of hydrogen-bond acceptors (Lipinski definition) is 3. The van der Waals surface area contributed by atoms with Crippen molar-refractivity contribution in [3.63, 3.8) is 0 Å². The number of aliphatic imine (C=N–C) groups is 1. The molecule has 21 heavy (non-hydrogen) atoms. The van der Waals surface area contributed by atoms with Crippen LogP contribution in [0.2, 0.25) is 0 Å². The monoisotopic (exact) mass is 282 g/mol. The molecule has 0 fully saturated rings. The summed E-state index contributed by atoms with van der Waals surface area (Å²) in [6.45, 7) is 1.30. The smallest absolute Gasteiger partial charge is 0.169 e. The first-order valence-corrected chi connectivity index (χ1v) is 7.07. The molecule has 0 bridgehead atoms. The van der Waals surface area contributed by atoms with Crippen molar-refractivity contribution in [3.05, 3.63) is 71.0 Å². The van der Waals surface area contributed by atoms with Gasteiger partial charge in [0.25, 0.3) is 0 Å². The highest BCUT2D eigenvalue weighted by Gasteiger charge is 2.44. The summed E-state index contributed by atoms with van der Waals surface area (Å²) >= 11 is 0. The van der Waals surface area contributed by atoms with Gasteiger partial charge in [-0.2, -0.15) is 0 Å². The van der Waals surface area contributed by atoms with Gasteiger partial charge in [-0.1, -0.05) is 36.4 Å². The SMILES string of the molecule is O[C@@]1(c2cccc(F)c2)Cc2ccccc2C2=NCCN21. The highest BCUT2D eigenvalue weighted by Crippen LogP contribution is 2.38. The van der Waals surface area contributed by atoms with Gasteiger partial charge in [0.15, 0.2) is 5.72 Å². The number of aliphatic hydroxyl groups is 1. The molecule has 0 aliphatic carbocycles. The van der Waals surface area contributed by atoms with Crippen LogP contribution in [0.5, 0.6) is 0 Å². The van der Waals surface area contributed by atoms with Crippen LogP contribution in [-0.4, -0.2) is 28.9 Å². The number of benzene rings is 2. The van der Waals surface area contributed by atoms with Gasteiger partial charge in [0.05, 0.1) is 6.54 Å². The lowest BCUT2D eigenvalue weighted by Crippen LogP contribution is -2.53. The third-order valence-corrected chi connectivity index (χ3v) is 4.27. The first-order valence-electron chi connectivity index (χ1n) is 7.07. The van der Waals surface area contributed by atoms with Crippen molar-refractivity contribution in [2.75, 3.05) is 13.1 Å². The maximum absolute atomic E-state index is 13.6. The first kappa shape index (κ1) is 12.5. The molecule has 2 aromatic rings. The van der Waals surface area contributed by atoms with E-state index in [1.165, 1.54) is 12.1 Å². The van der Waals surface area contributed by atoms with Gasteiger partial charge in [0.2, 0.25) is 0 Å². The lowest BCUT2D eigenvalue weighted by Gasteiger charge is -2.43. The molecule has 106 valence electrons. The molecule has 0 saturated carbocycles. The first-order chi connectivity index (χ1) is 10.2. The molecule has 0 aromatic heterocycles. The van der Waals surface area contributed by atoms with Crippen LogP contribution >= 0.6 is 0 Å². The summed E-state index contributed by atoms with van der Waals surface area (Å²) in [6, 6.07) is 14.2. The fourth-order valence-corrected chi connectivity index (χ4v) is 3.29. The molecule has 0 spiro atoms. The van der Waals surface area contributed by atoms with Crippen LogP contribution in [0.1, 0.15) is 16.7 Å². The van der Waals surface area contributed by atoms with E-state index in [0.717, 1.165) is 17.0 Å². The standard InChI is InChI=1S/C17H15FN2O/c18-14-6-3-5-13(10-14)17(21)11-12-4-1-2-7-15(12)16-19-8-9-20(16)17/h1-7,10,21H,8-9,11H2/t17-/m1/s1. The fraction of sp³-hybridized carbons (Fsp3) is 0.235. The predicted octanol–water partition coefficient (Wildman–Crippen LogP) is 2.29. The van der Waals surface area contributed by atoms with Crippen molar-refractivity contribution < 1.29 is 9.50 Å². The van der Waals surface area contributed by atoms with E-state index < -0.39 is 5.72 Å². The Balaban J connectivity index is 1.90. The quantitative estimate of drug-likeness (QED) is 0.871. The fourth-order valence-electron chi connectivity index (χ4n) is 3.29. The van der Waals surface area contributed by atoms with Gasteiger partial charge >= 0.3 is 0 Å². The minimum atomic E-state index is -1.23. The molecule has 1 N–H and O–H groups in total. The number of hydrogen-bond donors (Lipinski definition) is 1. The van der Waals surface area contributed by atoms with Crippen molar-refractivity contribution in [1.29, 1.82) is 0 Å². The number of rotatable bonds is 1. The third kappa shape index (κ3) is 1.79. The molecule has 0 unspecified atom stereocenters. The topological polar surface area (TPSA) is 35.8 Å². The van der Waals surface area contributed by atoms with Crippen molar-refractivity contribution in [1.82, 2.24) is 4.90 Å². The van der Waals surface area contributed by atoms with Crippen LogP contribution in [0, 0.1) is 5.82 Å². The van der Waals surface area contributed by atoms with Crippen LogP contribution in [0.4, 0.5) is 4.39 Å². The molecule has 0 saturated heterocycles. The molecule has 4 rings (SSSR count). The molecule has 2 aromatic carbocycles. The summed E-state index contributed by atoms with van der Waals surface area (Å²) in [5.74, 6) is 0.473. The molecule has 0 radical (unpaired) electrons. The number of fused-ring (bicyclic) bond motifs is 3. The average molecular weight is 282 g/mol. The van der Waals surface area contributed by atoms with Gasteiger partial charge in [-0.05, 0) is 17.7 Å². The van der Waals surface area contributed by atoms with Gasteiger partial charge in [-0.15, -0.1) is 0 Å². The van der Waals surface area contributed by atoms with E-state index in [-0.39, 0.29) is 5.82 Å². The second-order valence-corrected chi connectivity index (χ2v) is 5.52. The normalized spacial score (nSPS) is 23.5. The largest absolute Gasteiger partial charge is 0.366 e. The molecule has 1 atom stereocenters. The zero-order chi connectivity index (χ0) is 14.4. The van der Waals surface area contributed by atoms with Gasteiger partial charge < -0.3 is 10.0 Å². The molecule has 2 heterocycles. The van der Waals surface area contributed by atoms with Gasteiger partial charge in [-0.3, -0.25) is 4.99 Å². The number of amidine groups is 1. The lowest BCUT2D eigenvalue weighted by molar-refractivity contribution is -0.0747. The van der Waals surface area contributed by atoms with Crippen LogP contribution in [-0.2, 0) is 12.1 Å². The van der Waals surface area contributed by atoms with Gasteiger partial charge in [-0.25, -0.2) is 4.39 Å². The summed E-state index contributed by atoms with van der Waals surface area (Å²) in [4.78, 5) is 6.42. The Morgan fingerprint density at radius 2 is 2.00 bits per heavy atom. The Morgan fingerprint density at radius 1 is 1.14 bits per heavy atom. The summed E-state index contributed by atoms with van der Waals surface area (Å²) < 4.78 is 13.6.